The van der Waals surface area contributed by atoms with Crippen molar-refractivity contribution in [2.45, 2.75) is 62.5 Å². The zero-order valence-corrected chi connectivity index (χ0v) is 26.0. The van der Waals surface area contributed by atoms with Crippen molar-refractivity contribution in [1.82, 2.24) is 10.2 Å². The van der Waals surface area contributed by atoms with Crippen LogP contribution in [0.25, 0.3) is 0 Å². The molecule has 0 fully saturated rings. The Hall–Kier alpha value is -3.01. The molecule has 0 aliphatic heterocycles. The molecular formula is C30H36ClN3O4S2. The molecule has 3 rings (SSSR count). The van der Waals surface area contributed by atoms with Crippen LogP contribution in [-0.2, 0) is 26.2 Å². The Bertz CT molecular complexity index is 1440. The fourth-order valence-electron chi connectivity index (χ4n) is 4.00. The number of sulfonamides is 1. The first-order valence-electron chi connectivity index (χ1n) is 12.8. The minimum Gasteiger partial charge on any atom is -0.350 e. The van der Waals surface area contributed by atoms with Crippen LogP contribution in [0.5, 0.6) is 0 Å². The molecule has 0 heterocycles. The quantitative estimate of drug-likeness (QED) is 0.293. The lowest BCUT2D eigenvalue weighted by atomic mass is 10.1. The predicted octanol–water partition coefficient (Wildman–Crippen LogP) is 5.90. The summed E-state index contributed by atoms with van der Waals surface area (Å²) in [5.41, 5.74) is 1.50. The van der Waals surface area contributed by atoms with Crippen molar-refractivity contribution in [2.75, 3.05) is 17.1 Å². The van der Waals surface area contributed by atoms with Gasteiger partial charge in [-0.15, -0.1) is 11.8 Å². The Balaban J connectivity index is 2.03. The van der Waals surface area contributed by atoms with E-state index in [2.05, 4.69) is 5.32 Å². The molecular weight excluding hydrogens is 566 g/mol. The number of nitrogens with one attached hydrogen (secondary N) is 1. The van der Waals surface area contributed by atoms with Gasteiger partial charge in [-0.05, 0) is 95.0 Å². The van der Waals surface area contributed by atoms with Gasteiger partial charge in [0.2, 0.25) is 11.8 Å². The van der Waals surface area contributed by atoms with E-state index in [4.69, 9.17) is 11.6 Å². The summed E-state index contributed by atoms with van der Waals surface area (Å²) in [7, 11) is -4.12. The van der Waals surface area contributed by atoms with Crippen molar-refractivity contribution in [2.24, 2.45) is 0 Å². The molecule has 0 bridgehead atoms. The molecule has 1 atom stereocenters. The summed E-state index contributed by atoms with van der Waals surface area (Å²) in [6, 6.07) is 19.6. The van der Waals surface area contributed by atoms with E-state index in [0.717, 1.165) is 14.8 Å². The molecule has 214 valence electrons. The van der Waals surface area contributed by atoms with Crippen molar-refractivity contribution >= 4 is 50.9 Å². The minimum atomic E-state index is -4.12. The first kappa shape index (κ1) is 31.5. The largest absolute Gasteiger partial charge is 0.350 e. The number of aryl methyl sites for hydroxylation is 1. The van der Waals surface area contributed by atoms with Gasteiger partial charge in [0.05, 0.1) is 10.6 Å². The van der Waals surface area contributed by atoms with Crippen LogP contribution < -0.4 is 9.62 Å². The molecule has 2 amide bonds. The number of anilines is 1. The van der Waals surface area contributed by atoms with Gasteiger partial charge in [-0.25, -0.2) is 8.42 Å². The molecule has 0 radical (unpaired) electrons. The highest BCUT2D eigenvalue weighted by Gasteiger charge is 2.33. The number of nitrogens with zero attached hydrogens (tertiary/aromatic N) is 2. The molecule has 0 aromatic heterocycles. The zero-order chi connectivity index (χ0) is 29.7. The summed E-state index contributed by atoms with van der Waals surface area (Å²) in [6.07, 6.45) is 1.91. The first-order valence-corrected chi connectivity index (χ1v) is 15.8. The van der Waals surface area contributed by atoms with Crippen LogP contribution in [0, 0.1) is 6.92 Å². The molecule has 0 saturated heterocycles. The Kier molecular flexibility index (Phi) is 10.3. The van der Waals surface area contributed by atoms with Gasteiger partial charge in [0.25, 0.3) is 10.0 Å². The van der Waals surface area contributed by atoms with Crippen molar-refractivity contribution in [3.05, 3.63) is 88.9 Å². The average Bonchev–Trinajstić information content (AvgIpc) is 2.89. The van der Waals surface area contributed by atoms with Crippen LogP contribution >= 0.6 is 23.4 Å². The van der Waals surface area contributed by atoms with E-state index in [0.29, 0.717) is 16.3 Å². The zero-order valence-electron chi connectivity index (χ0n) is 23.6. The maximum absolute atomic E-state index is 14.0. The summed E-state index contributed by atoms with van der Waals surface area (Å²) < 4.78 is 28.9. The lowest BCUT2D eigenvalue weighted by Gasteiger charge is -2.33. The van der Waals surface area contributed by atoms with E-state index in [9.17, 15) is 18.0 Å². The molecule has 7 nitrogen and oxygen atoms in total. The van der Waals surface area contributed by atoms with Gasteiger partial charge in [-0.2, -0.15) is 0 Å². The fourth-order valence-corrected chi connectivity index (χ4v) is 6.04. The third-order valence-electron chi connectivity index (χ3n) is 6.16. The number of halogens is 1. The van der Waals surface area contributed by atoms with Gasteiger partial charge in [-0.1, -0.05) is 41.4 Å². The van der Waals surface area contributed by atoms with Crippen molar-refractivity contribution in [1.29, 1.82) is 0 Å². The molecule has 0 unspecified atom stereocenters. The molecule has 3 aromatic carbocycles. The normalized spacial score (nSPS) is 12.5. The Morgan fingerprint density at radius 1 is 1.00 bits per heavy atom. The molecule has 1 N–H and O–H groups in total. The van der Waals surface area contributed by atoms with Crippen LogP contribution in [0.3, 0.4) is 0 Å². The maximum Gasteiger partial charge on any atom is 0.264 e. The number of carbonyl (C=O) groups is 2. The van der Waals surface area contributed by atoms with E-state index in [-0.39, 0.29) is 17.3 Å². The summed E-state index contributed by atoms with van der Waals surface area (Å²) in [6.45, 7) is 8.68. The molecule has 40 heavy (non-hydrogen) atoms. The number of hydrogen-bond donors (Lipinski definition) is 1. The van der Waals surface area contributed by atoms with Crippen LogP contribution in [0.2, 0.25) is 5.02 Å². The van der Waals surface area contributed by atoms with Crippen LogP contribution in [-0.4, -0.2) is 49.5 Å². The molecule has 10 heteroatoms. The monoisotopic (exact) mass is 601 g/mol. The predicted molar refractivity (Wildman–Crippen MR) is 163 cm³/mol. The molecule has 0 spiro atoms. The summed E-state index contributed by atoms with van der Waals surface area (Å²) in [5, 5.41) is 3.41. The van der Waals surface area contributed by atoms with E-state index in [1.165, 1.54) is 28.8 Å². The fraction of sp³-hybridized carbons (Fsp3) is 0.333. The van der Waals surface area contributed by atoms with Crippen molar-refractivity contribution in [3.8, 4) is 0 Å². The van der Waals surface area contributed by atoms with Gasteiger partial charge in [0, 0.05) is 22.0 Å². The van der Waals surface area contributed by atoms with Gasteiger partial charge < -0.3 is 10.2 Å². The first-order chi connectivity index (χ1) is 18.7. The van der Waals surface area contributed by atoms with Crippen LogP contribution in [0.15, 0.2) is 82.6 Å². The number of thioether (sulfide) groups is 1. The van der Waals surface area contributed by atoms with Gasteiger partial charge >= 0.3 is 0 Å². The molecule has 3 aromatic rings. The molecule has 0 aliphatic carbocycles. The second-order valence-corrected chi connectivity index (χ2v) is 13.8. The summed E-state index contributed by atoms with van der Waals surface area (Å²) >= 11 is 7.70. The Labute approximate surface area is 247 Å². The molecule has 0 aliphatic rings. The number of benzene rings is 3. The Morgan fingerprint density at radius 2 is 1.62 bits per heavy atom. The SMILES string of the molecule is CSc1ccc(S(=O)(=O)N(CC(=O)N(Cc2cccc(Cl)c2)[C@H](C)C(=O)NC(C)(C)C)c2ccc(C)cc2)cc1. The van der Waals surface area contributed by atoms with Crippen molar-refractivity contribution < 1.29 is 18.0 Å². The Morgan fingerprint density at radius 3 is 2.17 bits per heavy atom. The van der Waals surface area contributed by atoms with Gasteiger partial charge in [-0.3, -0.25) is 13.9 Å². The van der Waals surface area contributed by atoms with Crippen LogP contribution in [0.1, 0.15) is 38.8 Å². The van der Waals surface area contributed by atoms with Gasteiger partial charge in [0.1, 0.15) is 12.6 Å². The third kappa shape index (κ3) is 8.25. The number of hydrogen-bond acceptors (Lipinski definition) is 5. The smallest absolute Gasteiger partial charge is 0.264 e. The number of amides is 2. The lowest BCUT2D eigenvalue weighted by molar-refractivity contribution is -0.140. The van der Waals surface area contributed by atoms with Crippen LogP contribution in [0.4, 0.5) is 5.69 Å². The highest BCUT2D eigenvalue weighted by molar-refractivity contribution is 7.98. The van der Waals surface area contributed by atoms with E-state index < -0.39 is 34.1 Å². The van der Waals surface area contributed by atoms with E-state index in [1.807, 2.05) is 40.0 Å². The summed E-state index contributed by atoms with van der Waals surface area (Å²) in [5.74, 6) is -0.873. The highest BCUT2D eigenvalue weighted by Crippen LogP contribution is 2.27. The molecule has 0 saturated carbocycles. The third-order valence-corrected chi connectivity index (χ3v) is 8.92. The maximum atomic E-state index is 14.0. The second kappa shape index (κ2) is 13.1. The standard InChI is InChI=1S/C30H36ClN3O4S2/c1-21-10-12-25(13-11-21)34(40(37,38)27-16-14-26(39-6)15-17-27)20-28(35)33(19-23-8-7-9-24(31)18-23)22(2)29(36)32-30(3,4)5/h7-18,22H,19-20H2,1-6H3,(H,32,36)/t22-/m1/s1. The highest BCUT2D eigenvalue weighted by atomic mass is 35.5. The topological polar surface area (TPSA) is 86.8 Å². The summed E-state index contributed by atoms with van der Waals surface area (Å²) in [4.78, 5) is 29.5. The van der Waals surface area contributed by atoms with E-state index in [1.54, 1.807) is 61.5 Å². The second-order valence-electron chi connectivity index (χ2n) is 10.6. The number of rotatable bonds is 10. The minimum absolute atomic E-state index is 0.0681. The van der Waals surface area contributed by atoms with Crippen molar-refractivity contribution in [3.63, 3.8) is 0 Å². The van der Waals surface area contributed by atoms with E-state index >= 15 is 0 Å². The average molecular weight is 602 g/mol. The number of carbonyl (C=O) groups excluding carboxylic acids is 2. The van der Waals surface area contributed by atoms with Gasteiger partial charge in [0.15, 0.2) is 0 Å². The lowest BCUT2D eigenvalue weighted by Crippen LogP contribution is -2.54.